The first-order valence-electron chi connectivity index (χ1n) is 7.43. The van der Waals surface area contributed by atoms with Crippen molar-refractivity contribution in [3.8, 4) is 11.5 Å². The summed E-state index contributed by atoms with van der Waals surface area (Å²) >= 11 is 0. The van der Waals surface area contributed by atoms with E-state index in [1.165, 1.54) is 19.3 Å². The smallest absolute Gasteiger partial charge is 0.161 e. The number of hydrogen-bond donors (Lipinski definition) is 1. The van der Waals surface area contributed by atoms with Gasteiger partial charge < -0.3 is 14.7 Å². The molecule has 0 spiro atoms. The number of hydroxylamine groups is 2. The molecule has 4 nitrogen and oxygen atoms in total. The molecule has 1 saturated heterocycles. The minimum Gasteiger partial charge on any atom is -0.493 e. The Morgan fingerprint density at radius 2 is 1.85 bits per heavy atom. The largest absolute Gasteiger partial charge is 0.493 e. The zero-order valence-electron chi connectivity index (χ0n) is 12.2. The lowest BCUT2D eigenvalue weighted by Crippen LogP contribution is -2.42. The summed E-state index contributed by atoms with van der Waals surface area (Å²) in [6.45, 7) is 0. The van der Waals surface area contributed by atoms with E-state index >= 15 is 0 Å². The van der Waals surface area contributed by atoms with Gasteiger partial charge in [0.25, 0.3) is 0 Å². The molecule has 0 radical (unpaired) electrons. The van der Waals surface area contributed by atoms with Crippen molar-refractivity contribution in [2.24, 2.45) is 5.92 Å². The predicted molar refractivity (Wildman–Crippen MR) is 76.3 cm³/mol. The summed E-state index contributed by atoms with van der Waals surface area (Å²) < 4.78 is 10.6. The molecule has 20 heavy (non-hydrogen) atoms. The van der Waals surface area contributed by atoms with Gasteiger partial charge in [-0.25, -0.2) is 0 Å². The Bertz CT molecular complexity index is 477. The van der Waals surface area contributed by atoms with Crippen LogP contribution in [0.1, 0.15) is 43.7 Å². The molecule has 3 rings (SSSR count). The zero-order valence-corrected chi connectivity index (χ0v) is 12.2. The summed E-state index contributed by atoms with van der Waals surface area (Å²) in [6, 6.07) is 6.35. The second-order valence-electron chi connectivity index (χ2n) is 5.85. The molecule has 3 atom stereocenters. The molecule has 2 aliphatic rings. The van der Waals surface area contributed by atoms with Crippen LogP contribution in [0.3, 0.4) is 0 Å². The first-order chi connectivity index (χ1) is 9.74. The van der Waals surface area contributed by atoms with Crippen molar-refractivity contribution in [2.75, 3.05) is 14.2 Å². The molecule has 0 aromatic heterocycles. The topological polar surface area (TPSA) is 41.9 Å². The number of piperidine rings is 1. The van der Waals surface area contributed by atoms with Crippen molar-refractivity contribution >= 4 is 0 Å². The average molecular weight is 277 g/mol. The molecule has 1 aromatic carbocycles. The Hall–Kier alpha value is -1.26. The van der Waals surface area contributed by atoms with Gasteiger partial charge in [0.15, 0.2) is 11.5 Å². The van der Waals surface area contributed by atoms with Gasteiger partial charge in [0.1, 0.15) is 0 Å². The van der Waals surface area contributed by atoms with Crippen LogP contribution in [-0.4, -0.2) is 30.5 Å². The minimum absolute atomic E-state index is 0.0779. The van der Waals surface area contributed by atoms with Crippen LogP contribution < -0.4 is 9.47 Å². The molecule has 1 N–H and O–H groups in total. The molecule has 1 aliphatic heterocycles. The Balaban J connectivity index is 1.85. The van der Waals surface area contributed by atoms with Crippen LogP contribution in [0, 0.1) is 5.92 Å². The number of nitrogens with zero attached hydrogens (tertiary/aromatic N) is 1. The highest BCUT2D eigenvalue weighted by molar-refractivity contribution is 5.43. The maximum absolute atomic E-state index is 10.5. The quantitative estimate of drug-likeness (QED) is 0.919. The van der Waals surface area contributed by atoms with Crippen molar-refractivity contribution in [3.63, 3.8) is 0 Å². The molecule has 0 amide bonds. The van der Waals surface area contributed by atoms with Crippen molar-refractivity contribution in [3.05, 3.63) is 23.8 Å². The fraction of sp³-hybridized carbons (Fsp3) is 0.625. The third kappa shape index (κ3) is 2.27. The molecule has 4 heteroatoms. The highest BCUT2D eigenvalue weighted by Crippen LogP contribution is 2.44. The number of ether oxygens (including phenoxy) is 2. The number of hydrogen-bond acceptors (Lipinski definition) is 4. The normalized spacial score (nSPS) is 30.1. The van der Waals surface area contributed by atoms with Gasteiger partial charge in [-0.3, -0.25) is 0 Å². The Kier molecular flexibility index (Phi) is 3.85. The van der Waals surface area contributed by atoms with Gasteiger partial charge in [0.05, 0.1) is 20.3 Å². The van der Waals surface area contributed by atoms with Crippen LogP contribution >= 0.6 is 0 Å². The SMILES string of the molecule is COc1ccc([C@H]2CC[C@H]3CCC[C@H]3N2O)cc1OC. The highest BCUT2D eigenvalue weighted by Gasteiger charge is 2.40. The van der Waals surface area contributed by atoms with Gasteiger partial charge in [0, 0.05) is 6.04 Å². The van der Waals surface area contributed by atoms with Crippen molar-refractivity contribution in [1.82, 2.24) is 5.06 Å². The van der Waals surface area contributed by atoms with Crippen molar-refractivity contribution in [1.29, 1.82) is 0 Å². The number of rotatable bonds is 3. The van der Waals surface area contributed by atoms with E-state index in [2.05, 4.69) is 0 Å². The number of benzene rings is 1. The second-order valence-corrected chi connectivity index (χ2v) is 5.85. The summed E-state index contributed by atoms with van der Waals surface area (Å²) in [4.78, 5) is 0. The summed E-state index contributed by atoms with van der Waals surface area (Å²) in [5, 5.41) is 12.1. The zero-order chi connectivity index (χ0) is 14.1. The fourth-order valence-corrected chi connectivity index (χ4v) is 3.82. The average Bonchev–Trinajstić information content (AvgIpc) is 2.96. The third-order valence-electron chi connectivity index (χ3n) is 4.88. The van der Waals surface area contributed by atoms with Crippen molar-refractivity contribution in [2.45, 2.75) is 44.2 Å². The van der Waals surface area contributed by atoms with Gasteiger partial charge >= 0.3 is 0 Å². The first kappa shape index (κ1) is 13.7. The maximum Gasteiger partial charge on any atom is 0.161 e. The van der Waals surface area contributed by atoms with Crippen LogP contribution in [-0.2, 0) is 0 Å². The van der Waals surface area contributed by atoms with E-state index in [9.17, 15) is 5.21 Å². The number of methoxy groups -OCH3 is 2. The van der Waals surface area contributed by atoms with E-state index in [4.69, 9.17) is 9.47 Å². The summed E-state index contributed by atoms with van der Waals surface area (Å²) in [7, 11) is 3.28. The lowest BCUT2D eigenvalue weighted by Gasteiger charge is -2.39. The van der Waals surface area contributed by atoms with Gasteiger partial charge in [-0.1, -0.05) is 12.5 Å². The van der Waals surface area contributed by atoms with Gasteiger partial charge in [0.2, 0.25) is 0 Å². The Morgan fingerprint density at radius 3 is 2.60 bits per heavy atom. The molecular weight excluding hydrogens is 254 g/mol. The third-order valence-corrected chi connectivity index (χ3v) is 4.88. The maximum atomic E-state index is 10.5. The summed E-state index contributed by atoms with van der Waals surface area (Å²) in [6.07, 6.45) is 5.84. The molecule has 1 aliphatic carbocycles. The van der Waals surface area contributed by atoms with E-state index in [1.807, 2.05) is 18.2 Å². The van der Waals surface area contributed by atoms with Crippen LogP contribution in [0.4, 0.5) is 0 Å². The predicted octanol–water partition coefficient (Wildman–Crippen LogP) is 3.40. The first-order valence-corrected chi connectivity index (χ1v) is 7.43. The van der Waals surface area contributed by atoms with Crippen LogP contribution in [0.15, 0.2) is 18.2 Å². The van der Waals surface area contributed by atoms with E-state index in [1.54, 1.807) is 19.3 Å². The minimum atomic E-state index is 0.0779. The molecule has 1 aromatic rings. The lowest BCUT2D eigenvalue weighted by atomic mass is 9.86. The van der Waals surface area contributed by atoms with Crippen LogP contribution in [0.25, 0.3) is 0 Å². The lowest BCUT2D eigenvalue weighted by molar-refractivity contribution is -0.189. The Morgan fingerprint density at radius 1 is 1.05 bits per heavy atom. The number of fused-ring (bicyclic) bond motifs is 1. The van der Waals surface area contributed by atoms with Gasteiger partial charge in [-0.05, 0) is 49.3 Å². The van der Waals surface area contributed by atoms with Crippen molar-refractivity contribution < 1.29 is 14.7 Å². The molecule has 0 unspecified atom stereocenters. The molecular formula is C16H23NO3. The van der Waals surface area contributed by atoms with E-state index < -0.39 is 0 Å². The van der Waals surface area contributed by atoms with Crippen LogP contribution in [0.2, 0.25) is 0 Å². The molecule has 2 fully saturated rings. The standard InChI is InChI=1S/C16H23NO3/c1-19-15-9-7-12(10-16(15)20-2)14-8-6-11-4-3-5-13(11)17(14)18/h7,9-11,13-14,18H,3-6,8H2,1-2H3/t11-,13-,14-/m1/s1. The summed E-state index contributed by atoms with van der Waals surface area (Å²) in [5.41, 5.74) is 1.11. The van der Waals surface area contributed by atoms with E-state index in [-0.39, 0.29) is 6.04 Å². The van der Waals surface area contributed by atoms with Crippen LogP contribution in [0.5, 0.6) is 11.5 Å². The fourth-order valence-electron chi connectivity index (χ4n) is 3.82. The molecule has 0 bridgehead atoms. The molecule has 1 saturated carbocycles. The van der Waals surface area contributed by atoms with E-state index in [0.29, 0.717) is 12.0 Å². The summed E-state index contributed by atoms with van der Waals surface area (Å²) in [5.74, 6) is 2.14. The van der Waals surface area contributed by atoms with E-state index in [0.717, 1.165) is 29.9 Å². The Labute approximate surface area is 120 Å². The molecule has 110 valence electrons. The highest BCUT2D eigenvalue weighted by atomic mass is 16.5. The second kappa shape index (κ2) is 5.62. The van der Waals surface area contributed by atoms with Gasteiger partial charge in [-0.15, -0.1) is 0 Å². The molecule has 1 heterocycles. The van der Waals surface area contributed by atoms with Gasteiger partial charge in [-0.2, -0.15) is 5.06 Å². The monoisotopic (exact) mass is 277 g/mol.